The maximum Gasteiger partial charge on any atom is 0.132 e. The summed E-state index contributed by atoms with van der Waals surface area (Å²) in [6.07, 6.45) is 1.25. The van der Waals surface area contributed by atoms with Crippen LogP contribution in [0.5, 0.6) is 0 Å². The van der Waals surface area contributed by atoms with Gasteiger partial charge in [-0.3, -0.25) is 4.68 Å². The first-order valence-electron chi connectivity index (χ1n) is 4.40. The lowest BCUT2D eigenvalue weighted by Gasteiger charge is -2.06. The van der Waals surface area contributed by atoms with E-state index < -0.39 is 6.10 Å². The Labute approximate surface area is 86.6 Å². The molecule has 1 unspecified atom stereocenters. The molecule has 2 rings (SSSR count). The molecule has 4 heteroatoms. The van der Waals surface area contributed by atoms with Gasteiger partial charge >= 0.3 is 0 Å². The molecule has 1 N–H and O–H groups in total. The van der Waals surface area contributed by atoms with Crippen LogP contribution in [-0.2, 0) is 7.05 Å². The number of rotatable bonds is 2. The zero-order valence-corrected chi connectivity index (χ0v) is 8.95. The van der Waals surface area contributed by atoms with Crippen molar-refractivity contribution in [3.63, 3.8) is 0 Å². The van der Waals surface area contributed by atoms with Crippen molar-refractivity contribution in [2.24, 2.45) is 7.05 Å². The van der Waals surface area contributed by atoms with E-state index in [0.717, 1.165) is 10.4 Å². The SMILES string of the molecule is Cc1ccsc1C(O)c1ccn(C)n1. The van der Waals surface area contributed by atoms with Gasteiger partial charge in [0.05, 0.1) is 5.69 Å². The van der Waals surface area contributed by atoms with Crippen LogP contribution in [-0.4, -0.2) is 14.9 Å². The highest BCUT2D eigenvalue weighted by Crippen LogP contribution is 2.27. The molecule has 3 nitrogen and oxygen atoms in total. The first-order valence-corrected chi connectivity index (χ1v) is 5.28. The van der Waals surface area contributed by atoms with Crippen LogP contribution in [0.25, 0.3) is 0 Å². The van der Waals surface area contributed by atoms with E-state index in [1.165, 1.54) is 0 Å². The molecule has 0 aromatic carbocycles. The highest BCUT2D eigenvalue weighted by Gasteiger charge is 2.16. The van der Waals surface area contributed by atoms with E-state index in [1.54, 1.807) is 16.0 Å². The Kier molecular flexibility index (Phi) is 2.39. The minimum absolute atomic E-state index is 0.587. The second-order valence-corrected chi connectivity index (χ2v) is 4.23. The molecule has 0 aliphatic heterocycles. The van der Waals surface area contributed by atoms with Crippen molar-refractivity contribution in [2.45, 2.75) is 13.0 Å². The van der Waals surface area contributed by atoms with Crippen LogP contribution in [0.2, 0.25) is 0 Å². The monoisotopic (exact) mass is 208 g/mol. The van der Waals surface area contributed by atoms with Crippen LogP contribution in [0.15, 0.2) is 23.7 Å². The van der Waals surface area contributed by atoms with E-state index in [4.69, 9.17) is 0 Å². The van der Waals surface area contributed by atoms with E-state index in [9.17, 15) is 5.11 Å². The van der Waals surface area contributed by atoms with Gasteiger partial charge in [0.25, 0.3) is 0 Å². The predicted molar refractivity (Wildman–Crippen MR) is 56.3 cm³/mol. The largest absolute Gasteiger partial charge is 0.381 e. The Hall–Kier alpha value is -1.13. The molecule has 0 saturated carbocycles. The number of thiophene rings is 1. The van der Waals surface area contributed by atoms with Crippen molar-refractivity contribution in [3.8, 4) is 0 Å². The molecule has 1 atom stereocenters. The van der Waals surface area contributed by atoms with Crippen LogP contribution >= 0.6 is 11.3 Å². The number of aliphatic hydroxyl groups excluding tert-OH is 1. The van der Waals surface area contributed by atoms with Gasteiger partial charge in [0, 0.05) is 18.1 Å². The second kappa shape index (κ2) is 3.55. The maximum absolute atomic E-state index is 10.0. The highest BCUT2D eigenvalue weighted by molar-refractivity contribution is 7.10. The fraction of sp³-hybridized carbons (Fsp3) is 0.300. The predicted octanol–water partition coefficient (Wildman–Crippen LogP) is 1.87. The molecule has 0 spiro atoms. The van der Waals surface area contributed by atoms with Crippen LogP contribution in [0, 0.1) is 6.92 Å². The third-order valence-electron chi connectivity index (χ3n) is 2.16. The van der Waals surface area contributed by atoms with Crippen LogP contribution < -0.4 is 0 Å². The zero-order chi connectivity index (χ0) is 10.1. The number of nitrogens with zero attached hydrogens (tertiary/aromatic N) is 2. The highest BCUT2D eigenvalue weighted by atomic mass is 32.1. The van der Waals surface area contributed by atoms with Gasteiger partial charge in [0.2, 0.25) is 0 Å². The minimum atomic E-state index is -0.587. The van der Waals surface area contributed by atoms with Crippen molar-refractivity contribution in [2.75, 3.05) is 0 Å². The summed E-state index contributed by atoms with van der Waals surface area (Å²) < 4.78 is 1.70. The zero-order valence-electron chi connectivity index (χ0n) is 8.14. The molecule has 0 aliphatic carbocycles. The Morgan fingerprint density at radius 3 is 2.79 bits per heavy atom. The number of aromatic nitrogens is 2. The van der Waals surface area contributed by atoms with Gasteiger partial charge in [0.15, 0.2) is 0 Å². The summed E-state index contributed by atoms with van der Waals surface area (Å²) in [6, 6.07) is 3.84. The number of hydrogen-bond acceptors (Lipinski definition) is 3. The maximum atomic E-state index is 10.0. The fourth-order valence-corrected chi connectivity index (χ4v) is 2.30. The van der Waals surface area contributed by atoms with Gasteiger partial charge in [-0.2, -0.15) is 5.10 Å². The molecule has 0 saturated heterocycles. The van der Waals surface area contributed by atoms with E-state index >= 15 is 0 Å². The van der Waals surface area contributed by atoms with Crippen molar-refractivity contribution < 1.29 is 5.11 Å². The van der Waals surface area contributed by atoms with Crippen molar-refractivity contribution in [1.29, 1.82) is 0 Å². The van der Waals surface area contributed by atoms with Gasteiger partial charge in [-0.25, -0.2) is 0 Å². The lowest BCUT2D eigenvalue weighted by atomic mass is 10.1. The molecule has 0 aliphatic rings. The van der Waals surface area contributed by atoms with Crippen molar-refractivity contribution in [1.82, 2.24) is 9.78 Å². The Morgan fingerprint density at radius 2 is 2.29 bits per heavy atom. The molecule has 2 aromatic heterocycles. The van der Waals surface area contributed by atoms with Crippen LogP contribution in [0.3, 0.4) is 0 Å². The molecule has 0 radical (unpaired) electrons. The number of hydrogen-bond donors (Lipinski definition) is 1. The average molecular weight is 208 g/mol. The van der Waals surface area contributed by atoms with Gasteiger partial charge < -0.3 is 5.11 Å². The fourth-order valence-electron chi connectivity index (χ4n) is 1.38. The van der Waals surface area contributed by atoms with Gasteiger partial charge in [-0.15, -0.1) is 11.3 Å². The lowest BCUT2D eigenvalue weighted by molar-refractivity contribution is 0.217. The molecular formula is C10H12N2OS. The summed E-state index contributed by atoms with van der Waals surface area (Å²) in [5.41, 5.74) is 1.83. The third-order valence-corrected chi connectivity index (χ3v) is 3.24. The molecule has 0 fully saturated rings. The summed E-state index contributed by atoms with van der Waals surface area (Å²) in [7, 11) is 1.84. The molecule has 14 heavy (non-hydrogen) atoms. The number of aliphatic hydroxyl groups is 1. The Morgan fingerprint density at radius 1 is 1.50 bits per heavy atom. The first kappa shape index (κ1) is 9.43. The van der Waals surface area contributed by atoms with Gasteiger partial charge in [-0.1, -0.05) is 0 Å². The van der Waals surface area contributed by atoms with Crippen LogP contribution in [0.1, 0.15) is 22.2 Å². The summed E-state index contributed by atoms with van der Waals surface area (Å²) in [5.74, 6) is 0. The standard InChI is InChI=1S/C10H12N2OS/c1-7-4-6-14-10(7)9(13)8-3-5-12(2)11-8/h3-6,9,13H,1-2H3. The van der Waals surface area contributed by atoms with Crippen molar-refractivity contribution >= 4 is 11.3 Å². The van der Waals surface area contributed by atoms with Crippen LogP contribution in [0.4, 0.5) is 0 Å². The second-order valence-electron chi connectivity index (χ2n) is 3.28. The minimum Gasteiger partial charge on any atom is -0.381 e. The lowest BCUT2D eigenvalue weighted by Crippen LogP contribution is -2.00. The first-order chi connectivity index (χ1) is 6.68. The average Bonchev–Trinajstić information content (AvgIpc) is 2.73. The quantitative estimate of drug-likeness (QED) is 0.818. The van der Waals surface area contributed by atoms with Gasteiger partial charge in [0.1, 0.15) is 6.10 Å². The molecule has 0 bridgehead atoms. The normalized spacial score (nSPS) is 13.1. The molecule has 74 valence electrons. The number of aryl methyl sites for hydroxylation is 2. The summed E-state index contributed by atoms with van der Waals surface area (Å²) in [6.45, 7) is 2.00. The molecule has 0 amide bonds. The smallest absolute Gasteiger partial charge is 0.132 e. The Bertz CT molecular complexity index is 433. The van der Waals surface area contributed by atoms with Gasteiger partial charge in [-0.05, 0) is 30.0 Å². The Balaban J connectivity index is 2.33. The molecule has 2 heterocycles. The van der Waals surface area contributed by atoms with E-state index in [0.29, 0.717) is 5.69 Å². The van der Waals surface area contributed by atoms with E-state index in [-0.39, 0.29) is 0 Å². The summed E-state index contributed by atoms with van der Waals surface area (Å²) >= 11 is 1.56. The summed E-state index contributed by atoms with van der Waals surface area (Å²) in [4.78, 5) is 0.976. The topological polar surface area (TPSA) is 38.0 Å². The third kappa shape index (κ3) is 1.58. The van der Waals surface area contributed by atoms with E-state index in [1.807, 2.05) is 37.7 Å². The van der Waals surface area contributed by atoms with Crippen molar-refractivity contribution in [3.05, 3.63) is 39.8 Å². The molecule has 2 aromatic rings. The van der Waals surface area contributed by atoms with E-state index in [2.05, 4.69) is 5.10 Å². The molecular weight excluding hydrogens is 196 g/mol. The summed E-state index contributed by atoms with van der Waals surface area (Å²) in [5, 5.41) is 16.2.